The number of nitro benzene ring substituents is 1. The van der Waals surface area contributed by atoms with Crippen LogP contribution in [-0.4, -0.2) is 19.6 Å². The Morgan fingerprint density at radius 1 is 0.933 bits per heavy atom. The Morgan fingerprint density at radius 3 is 2.10 bits per heavy atom. The fourth-order valence-corrected chi connectivity index (χ4v) is 3.82. The predicted molar refractivity (Wildman–Crippen MR) is 117 cm³/mol. The number of hydrazone groups is 1. The highest BCUT2D eigenvalue weighted by Gasteiger charge is 2.18. The Balaban J connectivity index is 1.77. The number of fused-ring (bicyclic) bond motifs is 2. The number of sulfonamides is 1. The van der Waals surface area contributed by atoms with Crippen molar-refractivity contribution in [3.63, 3.8) is 0 Å². The second kappa shape index (κ2) is 7.54. The molecule has 0 aliphatic rings. The average molecular weight is 420 g/mol. The van der Waals surface area contributed by atoms with Crippen molar-refractivity contribution in [1.82, 2.24) is 0 Å². The van der Waals surface area contributed by atoms with Crippen LogP contribution in [-0.2, 0) is 10.0 Å². The molecule has 0 heterocycles. The predicted octanol–water partition coefficient (Wildman–Crippen LogP) is 3.99. The second-order valence-corrected chi connectivity index (χ2v) is 8.15. The van der Waals surface area contributed by atoms with Crippen LogP contribution in [0.15, 0.2) is 82.8 Å². The van der Waals surface area contributed by atoms with Gasteiger partial charge in [-0.25, -0.2) is 13.6 Å². The molecule has 0 aliphatic carbocycles. The van der Waals surface area contributed by atoms with Gasteiger partial charge >= 0.3 is 0 Å². The second-order valence-electron chi connectivity index (χ2n) is 6.58. The summed E-state index contributed by atoms with van der Waals surface area (Å²) in [6, 6.07) is 21.2. The Morgan fingerprint density at radius 2 is 1.53 bits per heavy atom. The van der Waals surface area contributed by atoms with Crippen LogP contribution in [0.5, 0.6) is 0 Å². The van der Waals surface area contributed by atoms with E-state index in [1.807, 2.05) is 48.5 Å². The third-order valence-electron chi connectivity index (χ3n) is 4.69. The summed E-state index contributed by atoms with van der Waals surface area (Å²) in [5.41, 5.74) is 3.11. The summed E-state index contributed by atoms with van der Waals surface area (Å²) in [4.78, 5) is 10.3. The summed E-state index contributed by atoms with van der Waals surface area (Å²) in [6.45, 7) is 0. The highest BCUT2D eigenvalue weighted by molar-refractivity contribution is 7.89. The zero-order valence-electron chi connectivity index (χ0n) is 15.5. The maximum absolute atomic E-state index is 11.5. The Bertz CT molecular complexity index is 1380. The van der Waals surface area contributed by atoms with E-state index in [-0.39, 0.29) is 10.6 Å². The fourth-order valence-electron chi connectivity index (χ4n) is 3.29. The number of nitro groups is 1. The smallest absolute Gasteiger partial charge is 0.272 e. The van der Waals surface area contributed by atoms with Gasteiger partial charge in [-0.3, -0.25) is 15.5 Å². The first-order chi connectivity index (χ1) is 14.3. The maximum Gasteiger partial charge on any atom is 0.295 e. The van der Waals surface area contributed by atoms with Crippen LogP contribution in [0, 0.1) is 10.1 Å². The van der Waals surface area contributed by atoms with E-state index >= 15 is 0 Å². The van der Waals surface area contributed by atoms with Gasteiger partial charge in [0, 0.05) is 11.6 Å². The molecule has 8 nitrogen and oxygen atoms in total. The lowest BCUT2D eigenvalue weighted by molar-refractivity contribution is -0.384. The zero-order valence-corrected chi connectivity index (χ0v) is 16.3. The van der Waals surface area contributed by atoms with E-state index in [1.165, 1.54) is 12.1 Å². The van der Waals surface area contributed by atoms with Crippen LogP contribution in [0.1, 0.15) is 5.56 Å². The van der Waals surface area contributed by atoms with Gasteiger partial charge in [0.15, 0.2) is 0 Å². The molecule has 9 heteroatoms. The number of nitrogens with two attached hydrogens (primary N) is 1. The van der Waals surface area contributed by atoms with Crippen molar-refractivity contribution in [3.05, 3.63) is 88.5 Å². The van der Waals surface area contributed by atoms with Crippen molar-refractivity contribution in [1.29, 1.82) is 0 Å². The van der Waals surface area contributed by atoms with Crippen molar-refractivity contribution < 1.29 is 13.3 Å². The molecule has 3 N–H and O–H groups in total. The zero-order chi connectivity index (χ0) is 21.3. The summed E-state index contributed by atoms with van der Waals surface area (Å²) in [6.07, 6.45) is 1.60. The molecule has 0 spiro atoms. The molecule has 4 aromatic carbocycles. The first kappa shape index (κ1) is 19.5. The van der Waals surface area contributed by atoms with Gasteiger partial charge in [0.1, 0.15) is 5.69 Å². The normalized spacial score (nSPS) is 11.9. The molecule has 0 saturated carbocycles. The van der Waals surface area contributed by atoms with E-state index in [9.17, 15) is 18.5 Å². The molecular formula is C21H16N4O4S. The molecule has 150 valence electrons. The van der Waals surface area contributed by atoms with Crippen LogP contribution >= 0.6 is 0 Å². The van der Waals surface area contributed by atoms with Crippen LogP contribution in [0.2, 0.25) is 0 Å². The van der Waals surface area contributed by atoms with E-state index in [0.717, 1.165) is 33.2 Å². The molecule has 30 heavy (non-hydrogen) atoms. The lowest BCUT2D eigenvalue weighted by Crippen LogP contribution is -2.12. The highest BCUT2D eigenvalue weighted by Crippen LogP contribution is 2.29. The summed E-state index contributed by atoms with van der Waals surface area (Å²) < 4.78 is 22.9. The Labute approximate surface area is 171 Å². The lowest BCUT2D eigenvalue weighted by Gasteiger charge is -2.08. The van der Waals surface area contributed by atoms with Crippen molar-refractivity contribution in [3.8, 4) is 0 Å². The molecule has 0 radical (unpaired) electrons. The largest absolute Gasteiger partial charge is 0.295 e. The molecule has 0 saturated heterocycles. The fraction of sp³-hybridized carbons (Fsp3) is 0. The SMILES string of the molecule is NS(=O)(=O)c1ccc(N/N=C/c2c3ccccc3cc3ccccc23)c([N+](=O)[O-])c1. The number of nitrogens with zero attached hydrogens (tertiary/aromatic N) is 2. The average Bonchev–Trinajstić information content (AvgIpc) is 2.72. The summed E-state index contributed by atoms with van der Waals surface area (Å²) in [5, 5.41) is 24.7. The lowest BCUT2D eigenvalue weighted by atomic mass is 9.97. The van der Waals surface area contributed by atoms with Crippen LogP contribution in [0.4, 0.5) is 11.4 Å². The van der Waals surface area contributed by atoms with Crippen LogP contribution in [0.25, 0.3) is 21.5 Å². The highest BCUT2D eigenvalue weighted by atomic mass is 32.2. The number of anilines is 1. The number of hydrogen-bond donors (Lipinski definition) is 2. The van der Waals surface area contributed by atoms with Gasteiger partial charge in [0.2, 0.25) is 10.0 Å². The van der Waals surface area contributed by atoms with Gasteiger partial charge in [-0.05, 0) is 39.7 Å². The summed E-state index contributed by atoms with van der Waals surface area (Å²) >= 11 is 0. The molecule has 4 rings (SSSR count). The molecular weight excluding hydrogens is 404 g/mol. The van der Waals surface area contributed by atoms with Gasteiger partial charge in [-0.2, -0.15) is 5.10 Å². The number of primary sulfonamides is 1. The molecule has 0 unspecified atom stereocenters. The Kier molecular flexibility index (Phi) is 4.90. The van der Waals surface area contributed by atoms with Gasteiger partial charge in [0.25, 0.3) is 5.69 Å². The van der Waals surface area contributed by atoms with Crippen molar-refractivity contribution in [2.24, 2.45) is 10.2 Å². The first-order valence-corrected chi connectivity index (χ1v) is 10.4. The molecule has 0 bridgehead atoms. The number of nitrogens with one attached hydrogen (secondary N) is 1. The van der Waals surface area contributed by atoms with Crippen molar-refractivity contribution in [2.75, 3.05) is 5.43 Å². The first-order valence-electron chi connectivity index (χ1n) is 8.85. The molecule has 0 aromatic heterocycles. The van der Waals surface area contributed by atoms with Gasteiger partial charge in [-0.1, -0.05) is 48.5 Å². The van der Waals surface area contributed by atoms with E-state index in [0.29, 0.717) is 0 Å². The number of benzene rings is 4. The minimum atomic E-state index is -4.06. The van der Waals surface area contributed by atoms with Gasteiger partial charge in [0.05, 0.1) is 16.0 Å². The van der Waals surface area contributed by atoms with E-state index in [2.05, 4.69) is 16.6 Å². The topological polar surface area (TPSA) is 128 Å². The molecule has 4 aromatic rings. The minimum Gasteiger partial charge on any atom is -0.272 e. The minimum absolute atomic E-state index is 0.0493. The number of hydrogen-bond acceptors (Lipinski definition) is 6. The van der Waals surface area contributed by atoms with Crippen molar-refractivity contribution >= 4 is 49.2 Å². The monoisotopic (exact) mass is 420 g/mol. The summed E-state index contributed by atoms with van der Waals surface area (Å²) in [7, 11) is -4.06. The third-order valence-corrected chi connectivity index (χ3v) is 5.60. The number of rotatable bonds is 5. The molecule has 0 fully saturated rings. The van der Waals surface area contributed by atoms with Crippen molar-refractivity contribution in [2.45, 2.75) is 4.90 Å². The van der Waals surface area contributed by atoms with Gasteiger partial charge in [-0.15, -0.1) is 0 Å². The van der Waals surface area contributed by atoms with Crippen LogP contribution < -0.4 is 10.6 Å². The van der Waals surface area contributed by atoms with E-state index < -0.39 is 20.6 Å². The summed E-state index contributed by atoms with van der Waals surface area (Å²) in [5.74, 6) is 0. The molecule has 0 atom stereocenters. The quantitative estimate of drug-likeness (QED) is 0.218. The Hall–Kier alpha value is -3.82. The van der Waals surface area contributed by atoms with Crippen LogP contribution in [0.3, 0.4) is 0 Å². The van der Waals surface area contributed by atoms with E-state index in [4.69, 9.17) is 5.14 Å². The van der Waals surface area contributed by atoms with E-state index in [1.54, 1.807) is 6.21 Å². The third kappa shape index (κ3) is 3.71. The van der Waals surface area contributed by atoms with Gasteiger partial charge < -0.3 is 0 Å². The standard InChI is InChI=1S/C21H16N4O4S/c22-30(28,29)16-9-10-20(21(12-16)25(26)27)24-23-13-19-17-7-3-1-5-14(17)11-15-6-2-4-8-18(15)19/h1-13,24H,(H2,22,28,29)/b23-13+. The molecule has 0 amide bonds. The maximum atomic E-state index is 11.5. The molecule has 0 aliphatic heterocycles.